The Labute approximate surface area is 186 Å². The zero-order valence-corrected chi connectivity index (χ0v) is 19.1. The predicted octanol–water partition coefficient (Wildman–Crippen LogP) is 4.91. The molecule has 156 valence electrons. The number of hydrogen-bond acceptors (Lipinski definition) is 6. The molecule has 3 aromatic heterocycles. The van der Waals surface area contributed by atoms with E-state index in [0.717, 1.165) is 25.0 Å². The van der Waals surface area contributed by atoms with E-state index in [9.17, 15) is 9.59 Å². The summed E-state index contributed by atoms with van der Waals surface area (Å²) in [4.78, 5) is 35.5. The number of unbranched alkanes of at least 4 members (excludes halogenated alkanes) is 2. The van der Waals surface area contributed by atoms with Crippen LogP contribution in [-0.2, 0) is 12.3 Å². The van der Waals surface area contributed by atoms with Crippen LogP contribution in [0.15, 0.2) is 44.4 Å². The molecule has 9 heteroatoms. The summed E-state index contributed by atoms with van der Waals surface area (Å²) in [6.45, 7) is 4.63. The number of nitrogens with zero attached hydrogens (tertiary/aromatic N) is 4. The summed E-state index contributed by atoms with van der Waals surface area (Å²) < 4.78 is 3.34. The molecule has 0 bridgehead atoms. The highest BCUT2D eigenvalue weighted by molar-refractivity contribution is 7.98. The van der Waals surface area contributed by atoms with Crippen LogP contribution >= 0.6 is 34.7 Å². The minimum Gasteiger partial charge on any atom is -0.287 e. The number of thiazole rings is 1. The van der Waals surface area contributed by atoms with Crippen molar-refractivity contribution in [2.45, 2.75) is 50.6 Å². The van der Waals surface area contributed by atoms with Crippen LogP contribution < -0.4 is 11.1 Å². The van der Waals surface area contributed by atoms with Crippen LogP contribution in [0.5, 0.6) is 0 Å². The Hall–Kier alpha value is -2.16. The Morgan fingerprint density at radius 1 is 1.17 bits per heavy atom. The maximum absolute atomic E-state index is 13.1. The van der Waals surface area contributed by atoms with Gasteiger partial charge in [-0.05, 0) is 31.5 Å². The number of hydrogen-bond donors (Lipinski definition) is 0. The van der Waals surface area contributed by atoms with Gasteiger partial charge in [0, 0.05) is 34.5 Å². The number of aryl methyl sites for hydroxylation is 1. The molecule has 6 nitrogen and oxygen atoms in total. The van der Waals surface area contributed by atoms with Crippen molar-refractivity contribution < 1.29 is 0 Å². The highest BCUT2D eigenvalue weighted by Gasteiger charge is 2.14. The molecule has 0 fully saturated rings. The lowest BCUT2D eigenvalue weighted by Gasteiger charge is -2.13. The molecule has 0 aliphatic heterocycles. The molecule has 0 aliphatic carbocycles. The third-order valence-electron chi connectivity index (χ3n) is 4.85. The summed E-state index contributed by atoms with van der Waals surface area (Å²) >= 11 is 8.98. The fourth-order valence-corrected chi connectivity index (χ4v) is 5.29. The van der Waals surface area contributed by atoms with Crippen LogP contribution in [0.25, 0.3) is 15.9 Å². The lowest BCUT2D eigenvalue weighted by atomic mass is 10.2. The lowest BCUT2D eigenvalue weighted by molar-refractivity contribution is 0.541. The fourth-order valence-electron chi connectivity index (χ4n) is 3.31. The van der Waals surface area contributed by atoms with Gasteiger partial charge in [-0.2, -0.15) is 0 Å². The number of thioether (sulfide) groups is 1. The van der Waals surface area contributed by atoms with Gasteiger partial charge < -0.3 is 0 Å². The zero-order valence-electron chi connectivity index (χ0n) is 16.7. The van der Waals surface area contributed by atoms with E-state index in [0.29, 0.717) is 44.0 Å². The first kappa shape index (κ1) is 21.1. The van der Waals surface area contributed by atoms with E-state index >= 15 is 0 Å². The Balaban J connectivity index is 1.70. The molecule has 0 saturated heterocycles. The fraction of sp³-hybridized carbons (Fsp3) is 0.333. The van der Waals surface area contributed by atoms with Gasteiger partial charge in [0.1, 0.15) is 0 Å². The van der Waals surface area contributed by atoms with Crippen molar-refractivity contribution in [3.05, 3.63) is 66.8 Å². The molecule has 0 radical (unpaired) electrons. The Bertz CT molecular complexity index is 1340. The van der Waals surface area contributed by atoms with Gasteiger partial charge in [0.05, 0.1) is 16.6 Å². The summed E-state index contributed by atoms with van der Waals surface area (Å²) in [5, 5.41) is 3.64. The summed E-state index contributed by atoms with van der Waals surface area (Å²) in [6.07, 6.45) is 3.02. The largest absolute Gasteiger partial charge is 0.287 e. The molecule has 0 spiro atoms. The number of halogens is 1. The van der Waals surface area contributed by atoms with Crippen molar-refractivity contribution in [2.75, 3.05) is 0 Å². The molecule has 0 atom stereocenters. The van der Waals surface area contributed by atoms with Crippen LogP contribution in [-0.4, -0.2) is 18.9 Å². The van der Waals surface area contributed by atoms with Crippen LogP contribution in [0.1, 0.15) is 37.6 Å². The van der Waals surface area contributed by atoms with Gasteiger partial charge in [0.2, 0.25) is 0 Å². The first-order chi connectivity index (χ1) is 14.5. The Morgan fingerprint density at radius 2 is 2.00 bits per heavy atom. The lowest BCUT2D eigenvalue weighted by Crippen LogP contribution is -2.23. The summed E-state index contributed by atoms with van der Waals surface area (Å²) in [5.41, 5.74) is 1.98. The third kappa shape index (κ3) is 4.17. The third-order valence-corrected chi connectivity index (χ3v) is 7.03. The van der Waals surface area contributed by atoms with Crippen molar-refractivity contribution in [2.24, 2.45) is 0 Å². The molecule has 30 heavy (non-hydrogen) atoms. The monoisotopic (exact) mass is 460 g/mol. The smallest absolute Gasteiger partial charge is 0.262 e. The SMILES string of the molecule is CCCCCn1c(SCc2cc(=O)n3c(C)csc3n2)nc2cc(Cl)ccc2c1=O. The average molecular weight is 461 g/mol. The van der Waals surface area contributed by atoms with Gasteiger partial charge in [-0.1, -0.05) is 43.1 Å². The van der Waals surface area contributed by atoms with Crippen LogP contribution in [0, 0.1) is 6.92 Å². The van der Waals surface area contributed by atoms with Crippen molar-refractivity contribution in [3.8, 4) is 0 Å². The van der Waals surface area contributed by atoms with E-state index < -0.39 is 0 Å². The maximum atomic E-state index is 13.1. The first-order valence-electron chi connectivity index (χ1n) is 9.77. The average Bonchev–Trinajstić information content (AvgIpc) is 3.09. The first-order valence-corrected chi connectivity index (χ1v) is 12.0. The molecule has 0 saturated carbocycles. The molecular formula is C21H21ClN4O2S2. The number of fused-ring (bicyclic) bond motifs is 2. The molecule has 0 amide bonds. The number of rotatable bonds is 7. The molecule has 4 aromatic rings. The highest BCUT2D eigenvalue weighted by atomic mass is 35.5. The van der Waals surface area contributed by atoms with Gasteiger partial charge in [-0.25, -0.2) is 9.97 Å². The van der Waals surface area contributed by atoms with Gasteiger partial charge in [0.25, 0.3) is 11.1 Å². The molecule has 0 unspecified atom stereocenters. The van der Waals surface area contributed by atoms with E-state index in [1.807, 2.05) is 12.3 Å². The Morgan fingerprint density at radius 3 is 2.80 bits per heavy atom. The summed E-state index contributed by atoms with van der Waals surface area (Å²) in [7, 11) is 0. The number of benzene rings is 1. The summed E-state index contributed by atoms with van der Waals surface area (Å²) in [6, 6.07) is 6.71. The van der Waals surface area contributed by atoms with E-state index in [2.05, 4.69) is 11.9 Å². The zero-order chi connectivity index (χ0) is 21.3. The summed E-state index contributed by atoms with van der Waals surface area (Å²) in [5.74, 6) is 0.453. The molecule has 1 aromatic carbocycles. The quantitative estimate of drug-likeness (QED) is 0.222. The second-order valence-electron chi connectivity index (χ2n) is 7.09. The van der Waals surface area contributed by atoms with E-state index in [4.69, 9.17) is 16.6 Å². The van der Waals surface area contributed by atoms with Crippen LogP contribution in [0.2, 0.25) is 5.02 Å². The second-order valence-corrected chi connectivity index (χ2v) is 9.30. The number of aromatic nitrogens is 4. The molecule has 0 N–H and O–H groups in total. The highest BCUT2D eigenvalue weighted by Crippen LogP contribution is 2.24. The van der Waals surface area contributed by atoms with E-state index in [1.165, 1.54) is 23.1 Å². The standard InChI is InChI=1S/C21H21ClN4O2S2/c1-3-4-5-8-25-19(28)16-7-6-14(22)9-17(16)24-20(25)30-12-15-10-18(27)26-13(2)11-29-21(26)23-15/h6-7,9-11H,3-5,8,12H2,1-2H3. The minimum absolute atomic E-state index is 0.0624. The van der Waals surface area contributed by atoms with Crippen LogP contribution in [0.4, 0.5) is 0 Å². The van der Waals surface area contributed by atoms with Crippen molar-refractivity contribution in [3.63, 3.8) is 0 Å². The van der Waals surface area contributed by atoms with Crippen molar-refractivity contribution in [1.29, 1.82) is 0 Å². The molecule has 3 heterocycles. The van der Waals surface area contributed by atoms with Gasteiger partial charge in [-0.3, -0.25) is 18.6 Å². The van der Waals surface area contributed by atoms with Crippen molar-refractivity contribution >= 4 is 50.6 Å². The maximum Gasteiger partial charge on any atom is 0.262 e. The van der Waals surface area contributed by atoms with Crippen molar-refractivity contribution in [1.82, 2.24) is 18.9 Å². The Kier molecular flexibility index (Phi) is 6.26. The van der Waals surface area contributed by atoms with E-state index in [-0.39, 0.29) is 11.1 Å². The van der Waals surface area contributed by atoms with Crippen LogP contribution in [0.3, 0.4) is 0 Å². The molecule has 0 aliphatic rings. The molecular weight excluding hydrogens is 440 g/mol. The molecule has 4 rings (SSSR count). The van der Waals surface area contributed by atoms with Gasteiger partial charge >= 0.3 is 0 Å². The normalized spacial score (nSPS) is 11.6. The van der Waals surface area contributed by atoms with Gasteiger partial charge in [0.15, 0.2) is 10.1 Å². The van der Waals surface area contributed by atoms with Gasteiger partial charge in [-0.15, -0.1) is 11.3 Å². The predicted molar refractivity (Wildman–Crippen MR) is 124 cm³/mol. The second kappa shape index (κ2) is 8.91. The topological polar surface area (TPSA) is 69.3 Å². The minimum atomic E-state index is -0.0899. The van der Waals surface area contributed by atoms with E-state index in [1.54, 1.807) is 33.2 Å².